The van der Waals surface area contributed by atoms with Crippen LogP contribution in [0.5, 0.6) is 0 Å². The molecule has 0 spiro atoms. The Bertz CT molecular complexity index is 155. The molecule has 1 aliphatic rings. The highest BCUT2D eigenvalue weighted by Gasteiger charge is 1.71. The number of hydrogen-bond donors (Lipinski definition) is 0. The van der Waals surface area contributed by atoms with Crippen LogP contribution < -0.4 is 0 Å². The summed E-state index contributed by atoms with van der Waals surface area (Å²) >= 11 is 0. The predicted molar refractivity (Wildman–Crippen MR) is 39.9 cm³/mol. The quantitative estimate of drug-likeness (QED) is 0.463. The molecule has 1 aliphatic heterocycles. The first-order chi connectivity index (χ1) is 4.50. The molecule has 0 aliphatic carbocycles. The van der Waals surface area contributed by atoms with E-state index in [0.29, 0.717) is 0 Å². The second kappa shape index (κ2) is 3.78. The van der Waals surface area contributed by atoms with Crippen LogP contribution in [-0.4, -0.2) is 12.4 Å². The van der Waals surface area contributed by atoms with Gasteiger partial charge in [-0.1, -0.05) is 12.2 Å². The van der Waals surface area contributed by atoms with Gasteiger partial charge >= 0.3 is 0 Å². The molecule has 0 aromatic heterocycles. The van der Waals surface area contributed by atoms with Crippen molar-refractivity contribution in [2.24, 2.45) is 9.98 Å². The third-order valence-electron chi connectivity index (χ3n) is 0.894. The summed E-state index contributed by atoms with van der Waals surface area (Å²) in [6.45, 7) is 0. The third kappa shape index (κ3) is 2.59. The summed E-state index contributed by atoms with van der Waals surface area (Å²) in [6, 6.07) is 0. The normalized spacial score (nSPS) is 24.0. The molecule has 0 radical (unpaired) electrons. The van der Waals surface area contributed by atoms with Gasteiger partial charge in [0.25, 0.3) is 0 Å². The molecule has 0 fully saturated rings. The van der Waals surface area contributed by atoms with Crippen molar-refractivity contribution in [1.29, 1.82) is 0 Å². The highest BCUT2D eigenvalue weighted by atomic mass is 14.7. The van der Waals surface area contributed by atoms with E-state index in [-0.39, 0.29) is 0 Å². The topological polar surface area (TPSA) is 24.7 Å². The summed E-state index contributed by atoms with van der Waals surface area (Å²) in [4.78, 5) is 7.79. The minimum absolute atomic E-state index is 0.911. The Balaban J connectivity index is 2.60. The monoisotopic (exact) mass is 120 g/mol. The van der Waals surface area contributed by atoms with Crippen molar-refractivity contribution in [2.75, 3.05) is 0 Å². The third-order valence-corrected chi connectivity index (χ3v) is 0.894. The lowest BCUT2D eigenvalue weighted by molar-refractivity contribution is 1.35. The van der Waals surface area contributed by atoms with E-state index in [4.69, 9.17) is 0 Å². The Morgan fingerprint density at radius 2 is 1.44 bits per heavy atom. The molecule has 0 atom stereocenters. The van der Waals surface area contributed by atoms with Crippen molar-refractivity contribution in [3.63, 3.8) is 0 Å². The molecule has 2 heteroatoms. The fourth-order valence-corrected chi connectivity index (χ4v) is 0.498. The first kappa shape index (κ1) is 5.95. The maximum Gasteiger partial charge on any atom is 0.0450 e. The largest absolute Gasteiger partial charge is 0.263 e. The lowest BCUT2D eigenvalue weighted by Crippen LogP contribution is -1.68. The summed E-state index contributed by atoms with van der Waals surface area (Å²) in [7, 11) is 0. The van der Waals surface area contributed by atoms with Crippen LogP contribution in [0.1, 0.15) is 6.42 Å². The van der Waals surface area contributed by atoms with Crippen molar-refractivity contribution in [2.45, 2.75) is 6.42 Å². The van der Waals surface area contributed by atoms with Crippen LogP contribution in [0, 0.1) is 0 Å². The van der Waals surface area contributed by atoms with Crippen LogP contribution in [0.4, 0.5) is 0 Å². The lowest BCUT2D eigenvalue weighted by Gasteiger charge is -1.73. The molecule has 0 saturated heterocycles. The van der Waals surface area contributed by atoms with E-state index in [0.717, 1.165) is 6.42 Å². The summed E-state index contributed by atoms with van der Waals surface area (Å²) in [6.07, 6.45) is 11.7. The van der Waals surface area contributed by atoms with Crippen molar-refractivity contribution in [3.05, 3.63) is 24.6 Å². The van der Waals surface area contributed by atoms with E-state index in [2.05, 4.69) is 9.98 Å². The van der Waals surface area contributed by atoms with Crippen LogP contribution in [0.25, 0.3) is 0 Å². The van der Waals surface area contributed by atoms with Crippen LogP contribution in [0.15, 0.2) is 34.5 Å². The molecule has 46 valence electrons. The molecular weight excluding hydrogens is 112 g/mol. The van der Waals surface area contributed by atoms with Gasteiger partial charge in [0.2, 0.25) is 0 Å². The molecule has 2 nitrogen and oxygen atoms in total. The highest BCUT2D eigenvalue weighted by molar-refractivity contribution is 6.16. The van der Waals surface area contributed by atoms with E-state index >= 15 is 0 Å². The zero-order valence-corrected chi connectivity index (χ0v) is 5.07. The van der Waals surface area contributed by atoms with Crippen LogP contribution in [0.3, 0.4) is 0 Å². The average Bonchev–Trinajstić information content (AvgIpc) is 2.00. The molecule has 0 saturated carbocycles. The number of aliphatic imine (C=N–C) groups is 2. The Morgan fingerprint density at radius 3 is 2.00 bits per heavy atom. The first-order valence-electron chi connectivity index (χ1n) is 2.85. The molecule has 1 rings (SSSR count). The Morgan fingerprint density at radius 1 is 0.889 bits per heavy atom. The fraction of sp³-hybridized carbons (Fsp3) is 0.143. The van der Waals surface area contributed by atoms with Crippen LogP contribution in [0.2, 0.25) is 0 Å². The second-order valence-electron chi connectivity index (χ2n) is 1.60. The van der Waals surface area contributed by atoms with Gasteiger partial charge in [0.05, 0.1) is 0 Å². The van der Waals surface area contributed by atoms with Gasteiger partial charge in [0.15, 0.2) is 0 Å². The summed E-state index contributed by atoms with van der Waals surface area (Å²) in [5, 5.41) is 0. The molecule has 0 N–H and O–H groups in total. The summed E-state index contributed by atoms with van der Waals surface area (Å²) in [5.41, 5.74) is 0. The first-order valence-corrected chi connectivity index (χ1v) is 2.85. The van der Waals surface area contributed by atoms with Crippen molar-refractivity contribution < 1.29 is 0 Å². The van der Waals surface area contributed by atoms with E-state index in [1.807, 2.05) is 12.2 Å². The molecule has 0 aromatic carbocycles. The van der Waals surface area contributed by atoms with Crippen LogP contribution in [-0.2, 0) is 0 Å². The minimum atomic E-state index is 0.911. The van der Waals surface area contributed by atoms with Gasteiger partial charge in [-0.2, -0.15) is 0 Å². The standard InChI is InChI=1S/C7H8N2/c1-2-4-8-6-7-9-5-3-1/h2-7H,1H2/b4-2-,5-3-,8-6?,9-7?. The average molecular weight is 120 g/mol. The molecule has 0 amide bonds. The van der Waals surface area contributed by atoms with Gasteiger partial charge in [0, 0.05) is 24.8 Å². The SMILES string of the molecule is C1=N/C=C\C/C=C\N=C1. The molecule has 0 unspecified atom stereocenters. The zero-order chi connectivity index (χ0) is 6.36. The van der Waals surface area contributed by atoms with Crippen molar-refractivity contribution >= 4 is 12.4 Å². The Kier molecular flexibility index (Phi) is 2.50. The highest BCUT2D eigenvalue weighted by Crippen LogP contribution is 1.87. The fourth-order valence-electron chi connectivity index (χ4n) is 0.498. The number of allylic oxidation sites excluding steroid dienone is 2. The number of nitrogens with zero attached hydrogens (tertiary/aromatic N) is 2. The van der Waals surface area contributed by atoms with Gasteiger partial charge < -0.3 is 0 Å². The molecule has 1 heterocycles. The molecular formula is C7H8N2. The molecule has 0 aromatic rings. The number of rotatable bonds is 0. The van der Waals surface area contributed by atoms with E-state index in [1.54, 1.807) is 24.8 Å². The van der Waals surface area contributed by atoms with E-state index in [1.165, 1.54) is 0 Å². The Labute approximate surface area is 54.3 Å². The second-order valence-corrected chi connectivity index (χ2v) is 1.60. The maximum atomic E-state index is 3.90. The van der Waals surface area contributed by atoms with E-state index in [9.17, 15) is 0 Å². The summed E-state index contributed by atoms with van der Waals surface area (Å²) < 4.78 is 0. The maximum absolute atomic E-state index is 3.90. The van der Waals surface area contributed by atoms with Gasteiger partial charge in [-0.3, -0.25) is 9.98 Å². The lowest BCUT2D eigenvalue weighted by atomic mass is 10.4. The minimum Gasteiger partial charge on any atom is -0.263 e. The van der Waals surface area contributed by atoms with Crippen LogP contribution >= 0.6 is 0 Å². The van der Waals surface area contributed by atoms with Gasteiger partial charge in [-0.25, -0.2) is 0 Å². The Hall–Kier alpha value is -1.18. The van der Waals surface area contributed by atoms with Crippen molar-refractivity contribution in [3.8, 4) is 0 Å². The molecule has 0 bridgehead atoms. The molecule has 9 heavy (non-hydrogen) atoms. The van der Waals surface area contributed by atoms with Crippen molar-refractivity contribution in [1.82, 2.24) is 0 Å². The van der Waals surface area contributed by atoms with Gasteiger partial charge in [-0.05, 0) is 6.42 Å². The smallest absolute Gasteiger partial charge is 0.0450 e. The predicted octanol–water partition coefficient (Wildman–Crippen LogP) is 1.56. The van der Waals surface area contributed by atoms with E-state index < -0.39 is 0 Å². The number of hydrogen-bond acceptors (Lipinski definition) is 2. The zero-order valence-electron chi connectivity index (χ0n) is 5.07. The van der Waals surface area contributed by atoms with Gasteiger partial charge in [-0.15, -0.1) is 0 Å². The summed E-state index contributed by atoms with van der Waals surface area (Å²) in [5.74, 6) is 0. The van der Waals surface area contributed by atoms with Gasteiger partial charge in [0.1, 0.15) is 0 Å².